The summed E-state index contributed by atoms with van der Waals surface area (Å²) in [4.78, 5) is 84.8. The first-order valence-corrected chi connectivity index (χ1v) is 17.3. The molecule has 0 bridgehead atoms. The van der Waals surface area contributed by atoms with E-state index >= 15 is 0 Å². The molecule has 2 aromatic heterocycles. The molecule has 52 heavy (non-hydrogen) atoms. The summed E-state index contributed by atoms with van der Waals surface area (Å²) in [6.45, 7) is 5.83. The zero-order valence-electron chi connectivity index (χ0n) is 30.9. The molecular formula is C35H49N9O8. The number of nitrogens with zero attached hydrogens (tertiary/aromatic N) is 6. The standard InChI is InChI=1S/C35H49N9O8/c1-8-21(2)31-33(48)37-22(3)32-38-27(18-23-12-13-25(51-6)26(17-23)52-7)40-44(32)20-29(46)36-14-10-16-43(15-9-11-28(45)39-31)34(49)24-19-30(47)42(5)35(50)41(24)4/h12-13,17,19,21-22,31H,8-11,14-16,18,20H2,1-7H3,(H,36,46)(H,37,48)(H,39,45)/t21-,22+,31-/m0/s1. The van der Waals surface area contributed by atoms with E-state index < -0.39 is 35.1 Å². The van der Waals surface area contributed by atoms with Gasteiger partial charge in [-0.05, 0) is 43.4 Å². The van der Waals surface area contributed by atoms with E-state index in [0.717, 1.165) is 20.8 Å². The number of amides is 4. The molecule has 3 N–H and O–H groups in total. The highest BCUT2D eigenvalue weighted by atomic mass is 16.5. The van der Waals surface area contributed by atoms with E-state index in [1.807, 2.05) is 26.0 Å². The van der Waals surface area contributed by atoms with Crippen molar-refractivity contribution >= 4 is 23.6 Å². The fourth-order valence-corrected chi connectivity index (χ4v) is 5.94. The Bertz CT molecular complexity index is 1900. The Hall–Kier alpha value is -5.48. The summed E-state index contributed by atoms with van der Waals surface area (Å²) in [5.74, 6) is -0.0430. The molecule has 0 unspecified atom stereocenters. The first-order chi connectivity index (χ1) is 24.8. The third-order valence-electron chi connectivity index (χ3n) is 9.20. The van der Waals surface area contributed by atoms with Crippen molar-refractivity contribution in [3.05, 3.63) is 68.0 Å². The van der Waals surface area contributed by atoms with E-state index in [4.69, 9.17) is 14.5 Å². The number of carbonyl (C=O) groups is 4. The molecule has 1 aromatic carbocycles. The number of hydrogen-bond acceptors (Lipinski definition) is 10. The van der Waals surface area contributed by atoms with Gasteiger partial charge in [0.1, 0.15) is 24.1 Å². The Morgan fingerprint density at radius 3 is 2.37 bits per heavy atom. The van der Waals surface area contributed by atoms with Crippen molar-refractivity contribution in [1.82, 2.24) is 44.7 Å². The first-order valence-electron chi connectivity index (χ1n) is 17.3. The van der Waals surface area contributed by atoms with Crippen molar-refractivity contribution in [2.75, 3.05) is 33.9 Å². The van der Waals surface area contributed by atoms with Crippen LogP contribution in [0, 0.1) is 5.92 Å². The smallest absolute Gasteiger partial charge is 0.331 e. The number of nitrogens with one attached hydrogen (secondary N) is 3. The molecule has 0 saturated carbocycles. The van der Waals surface area contributed by atoms with Crippen molar-refractivity contribution < 1.29 is 28.7 Å². The van der Waals surface area contributed by atoms with Gasteiger partial charge in [-0.3, -0.25) is 33.1 Å². The van der Waals surface area contributed by atoms with Crippen molar-refractivity contribution in [3.63, 3.8) is 0 Å². The van der Waals surface area contributed by atoms with Crippen LogP contribution in [0.5, 0.6) is 11.5 Å². The number of carbonyl (C=O) groups excluding carboxylic acids is 4. The predicted molar refractivity (Wildman–Crippen MR) is 190 cm³/mol. The summed E-state index contributed by atoms with van der Waals surface area (Å²) in [5.41, 5.74) is -0.522. The Kier molecular flexibility index (Phi) is 13.3. The van der Waals surface area contributed by atoms with E-state index in [0.29, 0.717) is 42.4 Å². The van der Waals surface area contributed by atoms with Gasteiger partial charge in [0.25, 0.3) is 11.5 Å². The van der Waals surface area contributed by atoms with Crippen molar-refractivity contribution in [3.8, 4) is 11.5 Å². The van der Waals surface area contributed by atoms with Gasteiger partial charge in [-0.1, -0.05) is 26.3 Å². The maximum Gasteiger partial charge on any atom is 0.331 e. The van der Waals surface area contributed by atoms with Crippen molar-refractivity contribution in [2.24, 2.45) is 20.0 Å². The lowest BCUT2D eigenvalue weighted by atomic mass is 9.97. The molecule has 17 heteroatoms. The number of fused-ring (bicyclic) bond motifs is 1. The first kappa shape index (κ1) is 39.3. The molecule has 0 spiro atoms. The third kappa shape index (κ3) is 9.44. The lowest BCUT2D eigenvalue weighted by Gasteiger charge is -2.26. The Labute approximate surface area is 301 Å². The van der Waals surface area contributed by atoms with Gasteiger partial charge in [0.2, 0.25) is 17.7 Å². The highest BCUT2D eigenvalue weighted by Crippen LogP contribution is 2.28. The van der Waals surface area contributed by atoms with Gasteiger partial charge in [0.15, 0.2) is 17.3 Å². The van der Waals surface area contributed by atoms with Crippen LogP contribution in [0.3, 0.4) is 0 Å². The summed E-state index contributed by atoms with van der Waals surface area (Å²) in [5, 5.41) is 13.3. The lowest BCUT2D eigenvalue weighted by molar-refractivity contribution is -0.130. The summed E-state index contributed by atoms with van der Waals surface area (Å²) in [7, 11) is 5.82. The number of ether oxygens (including phenoxy) is 2. The van der Waals surface area contributed by atoms with Gasteiger partial charge in [0.05, 0.1) is 20.3 Å². The number of rotatable bonds is 7. The fourth-order valence-electron chi connectivity index (χ4n) is 5.94. The molecular weight excluding hydrogens is 674 g/mol. The number of hydrogen-bond donors (Lipinski definition) is 3. The second kappa shape index (κ2) is 17.6. The number of methoxy groups -OCH3 is 2. The molecule has 4 rings (SSSR count). The zero-order valence-corrected chi connectivity index (χ0v) is 30.9. The quantitative estimate of drug-likeness (QED) is 0.307. The van der Waals surface area contributed by atoms with Crippen LogP contribution in [0.25, 0.3) is 0 Å². The van der Waals surface area contributed by atoms with Gasteiger partial charge in [-0.25, -0.2) is 14.5 Å². The third-order valence-corrected chi connectivity index (χ3v) is 9.20. The van der Waals surface area contributed by atoms with E-state index in [-0.39, 0.29) is 62.4 Å². The summed E-state index contributed by atoms with van der Waals surface area (Å²) < 4.78 is 14.2. The maximum absolute atomic E-state index is 13.7. The Morgan fingerprint density at radius 1 is 0.962 bits per heavy atom. The monoisotopic (exact) mass is 723 g/mol. The molecule has 4 amide bonds. The summed E-state index contributed by atoms with van der Waals surface area (Å²) >= 11 is 0. The molecule has 3 aromatic rings. The Balaban J connectivity index is 1.63. The topological polar surface area (TPSA) is 201 Å². The van der Waals surface area contributed by atoms with Crippen LogP contribution in [0.2, 0.25) is 0 Å². The molecule has 3 heterocycles. The second-order valence-corrected chi connectivity index (χ2v) is 12.9. The van der Waals surface area contributed by atoms with Gasteiger partial charge in [-0.15, -0.1) is 0 Å². The Morgan fingerprint density at radius 2 is 1.67 bits per heavy atom. The molecule has 1 aliphatic heterocycles. The fraction of sp³-hybridized carbons (Fsp3) is 0.543. The highest BCUT2D eigenvalue weighted by Gasteiger charge is 2.29. The van der Waals surface area contributed by atoms with Crippen LogP contribution in [-0.2, 0) is 41.4 Å². The number of aromatic nitrogens is 5. The average Bonchev–Trinajstić information content (AvgIpc) is 3.52. The van der Waals surface area contributed by atoms with Crippen LogP contribution >= 0.6 is 0 Å². The van der Waals surface area contributed by atoms with Crippen LogP contribution in [0.15, 0.2) is 33.9 Å². The molecule has 0 saturated heterocycles. The molecule has 0 fully saturated rings. The van der Waals surface area contributed by atoms with Crippen molar-refractivity contribution in [2.45, 2.75) is 71.5 Å². The van der Waals surface area contributed by atoms with Crippen molar-refractivity contribution in [1.29, 1.82) is 0 Å². The molecule has 282 valence electrons. The van der Waals surface area contributed by atoms with E-state index in [2.05, 4.69) is 21.0 Å². The highest BCUT2D eigenvalue weighted by molar-refractivity contribution is 5.92. The zero-order chi connectivity index (χ0) is 38.1. The predicted octanol–water partition coefficient (Wildman–Crippen LogP) is 0.434. The molecule has 0 radical (unpaired) electrons. The molecule has 17 nitrogen and oxygen atoms in total. The molecule has 1 aliphatic rings. The summed E-state index contributed by atoms with van der Waals surface area (Å²) in [6.07, 6.45) is 1.52. The van der Waals surface area contributed by atoms with Crippen LogP contribution in [-0.4, -0.2) is 92.3 Å². The molecule has 3 atom stereocenters. The van der Waals surface area contributed by atoms with Gasteiger partial charge in [0, 0.05) is 52.6 Å². The van der Waals surface area contributed by atoms with Crippen LogP contribution in [0.4, 0.5) is 0 Å². The summed E-state index contributed by atoms with van der Waals surface area (Å²) in [6, 6.07) is 5.02. The van der Waals surface area contributed by atoms with Crippen LogP contribution in [0.1, 0.15) is 80.2 Å². The number of benzene rings is 1. The minimum Gasteiger partial charge on any atom is -0.493 e. The van der Waals surface area contributed by atoms with E-state index in [1.54, 1.807) is 27.2 Å². The minimum absolute atomic E-state index is 0.0135. The molecule has 0 aliphatic carbocycles. The van der Waals surface area contributed by atoms with Crippen LogP contribution < -0.4 is 36.7 Å². The van der Waals surface area contributed by atoms with E-state index in [1.165, 1.54) is 23.7 Å². The second-order valence-electron chi connectivity index (χ2n) is 12.9. The maximum atomic E-state index is 13.7. The minimum atomic E-state index is -0.863. The van der Waals surface area contributed by atoms with Gasteiger partial charge < -0.3 is 30.3 Å². The van der Waals surface area contributed by atoms with Gasteiger partial charge in [-0.2, -0.15) is 5.10 Å². The van der Waals surface area contributed by atoms with E-state index in [9.17, 15) is 28.8 Å². The van der Waals surface area contributed by atoms with Gasteiger partial charge >= 0.3 is 5.69 Å². The SMILES string of the molecule is CC[C@H](C)[C@@H]1NC(=O)CCCN(C(=O)c2cc(=O)n(C)c(=O)n2C)CCCNC(=O)Cn2nc(Cc3ccc(OC)c(OC)c3)nc2[C@@H](C)NC1=O. The lowest BCUT2D eigenvalue weighted by Crippen LogP contribution is -2.51. The normalized spacial score (nSPS) is 18.6. The largest absolute Gasteiger partial charge is 0.493 e. The average molecular weight is 724 g/mol.